The molecule has 1 atom stereocenters. The maximum Gasteiger partial charge on any atom is 0.0992 e. The summed E-state index contributed by atoms with van der Waals surface area (Å²) < 4.78 is 0. The van der Waals surface area contributed by atoms with E-state index < -0.39 is 0 Å². The van der Waals surface area contributed by atoms with Gasteiger partial charge in [-0.15, -0.1) is 0 Å². The number of nitrogens with one attached hydrogen (secondary N) is 1. The molecule has 0 saturated carbocycles. The third-order valence-corrected chi connectivity index (χ3v) is 2.26. The van der Waals surface area contributed by atoms with E-state index in [1.54, 1.807) is 18.2 Å². The first-order chi connectivity index (χ1) is 7.21. The van der Waals surface area contributed by atoms with Crippen molar-refractivity contribution >= 4 is 11.4 Å². The van der Waals surface area contributed by atoms with Crippen LogP contribution in [0.25, 0.3) is 0 Å². The third-order valence-electron chi connectivity index (χ3n) is 2.26. The number of aliphatic hydroxyl groups excluding tert-OH is 1. The van der Waals surface area contributed by atoms with E-state index in [-0.39, 0.29) is 12.6 Å². The summed E-state index contributed by atoms with van der Waals surface area (Å²) in [7, 11) is 0. The molecule has 0 saturated heterocycles. The Balaban J connectivity index is 2.88. The number of aliphatic hydroxyl groups is 1. The van der Waals surface area contributed by atoms with Crippen molar-refractivity contribution in [1.29, 1.82) is 5.26 Å². The fourth-order valence-electron chi connectivity index (χ4n) is 1.25. The van der Waals surface area contributed by atoms with Gasteiger partial charge in [-0.25, -0.2) is 0 Å². The highest BCUT2D eigenvalue weighted by atomic mass is 16.3. The molecule has 4 heteroatoms. The molecule has 4 N–H and O–H groups in total. The minimum Gasteiger partial charge on any atom is -0.397 e. The van der Waals surface area contributed by atoms with E-state index in [1.165, 1.54) is 0 Å². The number of nitrogens with zero attached hydrogens (tertiary/aromatic N) is 1. The zero-order valence-corrected chi connectivity index (χ0v) is 8.70. The molecule has 0 heterocycles. The van der Waals surface area contributed by atoms with Crippen LogP contribution in [0.1, 0.15) is 18.9 Å². The number of anilines is 2. The minimum absolute atomic E-state index is 0.0266. The quantitative estimate of drug-likeness (QED) is 0.647. The summed E-state index contributed by atoms with van der Waals surface area (Å²) in [6.45, 7) is 2.02. The average molecular weight is 205 g/mol. The lowest BCUT2D eigenvalue weighted by Gasteiger charge is -2.17. The van der Waals surface area contributed by atoms with Gasteiger partial charge in [-0.1, -0.05) is 6.92 Å². The molecular weight excluding hydrogens is 190 g/mol. The maximum atomic E-state index is 9.04. The maximum absolute atomic E-state index is 9.04. The van der Waals surface area contributed by atoms with Crippen molar-refractivity contribution in [3.63, 3.8) is 0 Å². The molecule has 1 unspecified atom stereocenters. The molecular formula is C11H15N3O. The lowest BCUT2D eigenvalue weighted by Crippen LogP contribution is -2.23. The second-order valence-electron chi connectivity index (χ2n) is 3.35. The highest BCUT2D eigenvalue weighted by molar-refractivity contribution is 5.68. The molecule has 0 bridgehead atoms. The van der Waals surface area contributed by atoms with Gasteiger partial charge in [0.25, 0.3) is 0 Å². The van der Waals surface area contributed by atoms with Crippen molar-refractivity contribution in [3.8, 4) is 6.07 Å². The first-order valence-electron chi connectivity index (χ1n) is 4.88. The van der Waals surface area contributed by atoms with E-state index in [0.717, 1.165) is 6.42 Å². The van der Waals surface area contributed by atoms with Gasteiger partial charge in [0.1, 0.15) is 0 Å². The molecule has 0 aliphatic heterocycles. The number of rotatable bonds is 4. The summed E-state index contributed by atoms with van der Waals surface area (Å²) in [4.78, 5) is 0. The summed E-state index contributed by atoms with van der Waals surface area (Å²) in [5.74, 6) is 0. The number of nitrogen functional groups attached to an aromatic ring is 1. The van der Waals surface area contributed by atoms with Crippen molar-refractivity contribution < 1.29 is 5.11 Å². The Bertz CT molecular complexity index is 367. The van der Waals surface area contributed by atoms with Gasteiger partial charge in [0.2, 0.25) is 0 Å². The van der Waals surface area contributed by atoms with E-state index in [4.69, 9.17) is 16.1 Å². The molecule has 1 aromatic carbocycles. The fraction of sp³-hybridized carbons (Fsp3) is 0.364. The molecule has 15 heavy (non-hydrogen) atoms. The lowest BCUT2D eigenvalue weighted by molar-refractivity contribution is 0.272. The van der Waals surface area contributed by atoms with Crippen LogP contribution in [0.3, 0.4) is 0 Å². The van der Waals surface area contributed by atoms with E-state index in [1.807, 2.05) is 13.0 Å². The fourth-order valence-corrected chi connectivity index (χ4v) is 1.25. The van der Waals surface area contributed by atoms with Crippen LogP contribution in [0, 0.1) is 11.3 Å². The molecule has 0 radical (unpaired) electrons. The zero-order chi connectivity index (χ0) is 11.3. The van der Waals surface area contributed by atoms with E-state index in [9.17, 15) is 0 Å². The van der Waals surface area contributed by atoms with Crippen LogP contribution in [-0.4, -0.2) is 17.8 Å². The van der Waals surface area contributed by atoms with Gasteiger partial charge in [0.15, 0.2) is 0 Å². The largest absolute Gasteiger partial charge is 0.397 e. The summed E-state index contributed by atoms with van der Waals surface area (Å²) in [6, 6.07) is 7.06. The van der Waals surface area contributed by atoms with Crippen molar-refractivity contribution in [2.45, 2.75) is 19.4 Å². The van der Waals surface area contributed by atoms with Gasteiger partial charge in [-0.2, -0.15) is 5.26 Å². The predicted octanol–water partition coefficient (Wildman–Crippen LogP) is 1.32. The summed E-state index contributed by atoms with van der Waals surface area (Å²) in [6.07, 6.45) is 0.798. The SMILES string of the molecule is CCC(CO)Nc1cc(C#N)ccc1N. The molecule has 0 fully saturated rings. The van der Waals surface area contributed by atoms with Crippen molar-refractivity contribution in [3.05, 3.63) is 23.8 Å². The number of nitriles is 1. The van der Waals surface area contributed by atoms with Crippen LogP contribution in [0.5, 0.6) is 0 Å². The molecule has 1 rings (SSSR count). The highest BCUT2D eigenvalue weighted by Gasteiger charge is 2.07. The highest BCUT2D eigenvalue weighted by Crippen LogP contribution is 2.20. The Morgan fingerprint density at radius 3 is 2.87 bits per heavy atom. The molecule has 4 nitrogen and oxygen atoms in total. The Hall–Kier alpha value is -1.73. The summed E-state index contributed by atoms with van der Waals surface area (Å²) in [5, 5.41) is 20.9. The van der Waals surface area contributed by atoms with E-state index in [2.05, 4.69) is 5.32 Å². The number of benzene rings is 1. The normalized spacial score (nSPS) is 11.8. The lowest BCUT2D eigenvalue weighted by atomic mass is 10.1. The predicted molar refractivity (Wildman–Crippen MR) is 60.4 cm³/mol. The van der Waals surface area contributed by atoms with Crippen LogP contribution in [0.15, 0.2) is 18.2 Å². The Kier molecular flexibility index (Phi) is 3.95. The molecule has 0 aliphatic rings. The molecule has 80 valence electrons. The zero-order valence-electron chi connectivity index (χ0n) is 8.70. The minimum atomic E-state index is -0.0266. The third kappa shape index (κ3) is 2.86. The van der Waals surface area contributed by atoms with Crippen LogP contribution < -0.4 is 11.1 Å². The van der Waals surface area contributed by atoms with Crippen molar-refractivity contribution in [1.82, 2.24) is 0 Å². The van der Waals surface area contributed by atoms with E-state index >= 15 is 0 Å². The van der Waals surface area contributed by atoms with Gasteiger partial charge < -0.3 is 16.2 Å². The van der Waals surface area contributed by atoms with Crippen molar-refractivity contribution in [2.24, 2.45) is 0 Å². The van der Waals surface area contributed by atoms with Crippen molar-refractivity contribution in [2.75, 3.05) is 17.7 Å². The first kappa shape index (κ1) is 11.3. The number of hydrogen-bond acceptors (Lipinski definition) is 4. The van der Waals surface area contributed by atoms with Crippen LogP contribution >= 0.6 is 0 Å². The molecule has 0 spiro atoms. The number of nitrogens with two attached hydrogens (primary N) is 1. The Morgan fingerprint density at radius 1 is 1.60 bits per heavy atom. The number of hydrogen-bond donors (Lipinski definition) is 3. The monoisotopic (exact) mass is 205 g/mol. The van der Waals surface area contributed by atoms with Gasteiger partial charge in [0.05, 0.1) is 29.6 Å². The standard InChI is InChI=1S/C11H15N3O/c1-2-9(7-15)14-11-5-8(6-12)3-4-10(11)13/h3-5,9,14-15H,2,7,13H2,1H3. The summed E-state index contributed by atoms with van der Waals surface area (Å²) >= 11 is 0. The van der Waals surface area contributed by atoms with Gasteiger partial charge >= 0.3 is 0 Å². The second kappa shape index (κ2) is 5.23. The summed E-state index contributed by atoms with van der Waals surface area (Å²) in [5.41, 5.74) is 7.59. The van der Waals surface area contributed by atoms with Crippen LogP contribution in [0.2, 0.25) is 0 Å². The molecule has 0 amide bonds. The van der Waals surface area contributed by atoms with Gasteiger partial charge in [-0.3, -0.25) is 0 Å². The Labute approximate surface area is 89.3 Å². The van der Waals surface area contributed by atoms with Gasteiger partial charge in [0, 0.05) is 6.04 Å². The molecule has 0 aliphatic carbocycles. The molecule has 0 aromatic heterocycles. The molecule has 1 aromatic rings. The first-order valence-corrected chi connectivity index (χ1v) is 4.88. The van der Waals surface area contributed by atoms with Gasteiger partial charge in [-0.05, 0) is 24.6 Å². The topological polar surface area (TPSA) is 82.1 Å². The van der Waals surface area contributed by atoms with Crippen LogP contribution in [0.4, 0.5) is 11.4 Å². The van der Waals surface area contributed by atoms with E-state index in [0.29, 0.717) is 16.9 Å². The smallest absolute Gasteiger partial charge is 0.0992 e. The second-order valence-corrected chi connectivity index (χ2v) is 3.35. The average Bonchev–Trinajstić information content (AvgIpc) is 2.28. The Morgan fingerprint density at radius 2 is 2.33 bits per heavy atom. The van der Waals surface area contributed by atoms with Crippen LogP contribution in [-0.2, 0) is 0 Å².